The zero-order chi connectivity index (χ0) is 29.1. The van der Waals surface area contributed by atoms with Crippen LogP contribution in [0.5, 0.6) is 5.75 Å². The lowest BCUT2D eigenvalue weighted by Crippen LogP contribution is -2.39. The van der Waals surface area contributed by atoms with E-state index in [-0.39, 0.29) is 12.2 Å². The second kappa shape index (κ2) is 11.8. The topological polar surface area (TPSA) is 109 Å². The summed E-state index contributed by atoms with van der Waals surface area (Å²) in [4.78, 5) is 43.9. The van der Waals surface area contributed by atoms with Crippen molar-refractivity contribution in [1.29, 1.82) is 0 Å². The average molecular weight is 573 g/mol. The van der Waals surface area contributed by atoms with Crippen LogP contribution in [0.2, 0.25) is 0 Å². The molecule has 1 atom stereocenters. The number of aromatic nitrogens is 1. The van der Waals surface area contributed by atoms with E-state index in [0.717, 1.165) is 5.56 Å². The van der Waals surface area contributed by atoms with Crippen LogP contribution in [0.15, 0.2) is 86.1 Å². The summed E-state index contributed by atoms with van der Waals surface area (Å²) in [5.41, 5.74) is 2.30. The van der Waals surface area contributed by atoms with Crippen molar-refractivity contribution in [2.24, 2.45) is 4.99 Å². The molecular formula is C31H28N2O7S. The summed E-state index contributed by atoms with van der Waals surface area (Å²) in [6, 6.07) is 17.0. The first kappa shape index (κ1) is 27.9. The Morgan fingerprint density at radius 3 is 2.54 bits per heavy atom. The number of carbonyl (C=O) groups is 2. The van der Waals surface area contributed by atoms with Crippen LogP contribution in [-0.2, 0) is 14.3 Å². The number of hydrogen-bond donors (Lipinski definition) is 0. The molecule has 0 amide bonds. The highest BCUT2D eigenvalue weighted by Crippen LogP contribution is 2.32. The van der Waals surface area contributed by atoms with Crippen LogP contribution >= 0.6 is 11.3 Å². The minimum absolute atomic E-state index is 0.194. The number of nitrogens with zero attached hydrogens (tertiary/aromatic N) is 2. The lowest BCUT2D eigenvalue weighted by molar-refractivity contribution is -0.139. The molecule has 0 fully saturated rings. The third-order valence-corrected chi connectivity index (χ3v) is 7.48. The molecule has 0 aliphatic carbocycles. The molecule has 41 heavy (non-hydrogen) atoms. The second-order valence-corrected chi connectivity index (χ2v) is 10.1. The molecule has 2 aromatic heterocycles. The van der Waals surface area contributed by atoms with Crippen molar-refractivity contribution in [3.63, 3.8) is 0 Å². The standard InChI is InChI=1S/C31H28N2O7S/c1-5-38-22-12-10-19(11-13-22)27-26(30(36)39-6-2)18(3)32-31-33(27)28(34)25(41-31)17-23-14-15-24(40-23)20-8-7-9-21(16-20)29(35)37-4/h7-17,27H,5-6H2,1-4H3/b25-17-/t27-/m1/s1. The Morgan fingerprint density at radius 2 is 1.83 bits per heavy atom. The van der Waals surface area contributed by atoms with E-state index in [9.17, 15) is 14.4 Å². The Bertz CT molecular complexity index is 1830. The van der Waals surface area contributed by atoms with Crippen molar-refractivity contribution in [3.8, 4) is 17.1 Å². The average Bonchev–Trinajstić information content (AvgIpc) is 3.57. The summed E-state index contributed by atoms with van der Waals surface area (Å²) >= 11 is 1.21. The van der Waals surface area contributed by atoms with E-state index in [1.807, 2.05) is 37.3 Å². The van der Waals surface area contributed by atoms with E-state index in [2.05, 4.69) is 4.99 Å². The van der Waals surface area contributed by atoms with Crippen LogP contribution in [0.1, 0.15) is 48.5 Å². The molecule has 0 unspecified atom stereocenters. The summed E-state index contributed by atoms with van der Waals surface area (Å²) in [5.74, 6) is 0.703. The van der Waals surface area contributed by atoms with Crippen molar-refractivity contribution in [2.45, 2.75) is 26.8 Å². The first-order valence-electron chi connectivity index (χ1n) is 13.1. The Labute approximate surface area is 239 Å². The Balaban J connectivity index is 1.58. The van der Waals surface area contributed by atoms with Crippen LogP contribution in [-0.4, -0.2) is 36.8 Å². The summed E-state index contributed by atoms with van der Waals surface area (Å²) in [7, 11) is 1.33. The van der Waals surface area contributed by atoms with Gasteiger partial charge in [-0.25, -0.2) is 14.6 Å². The number of esters is 2. The van der Waals surface area contributed by atoms with Crippen molar-refractivity contribution in [1.82, 2.24) is 4.57 Å². The summed E-state index contributed by atoms with van der Waals surface area (Å²) in [5, 5.41) is 0. The largest absolute Gasteiger partial charge is 0.494 e. The van der Waals surface area contributed by atoms with Gasteiger partial charge in [0.15, 0.2) is 4.80 Å². The number of carbonyl (C=O) groups excluding carboxylic acids is 2. The smallest absolute Gasteiger partial charge is 0.338 e. The van der Waals surface area contributed by atoms with E-state index in [1.165, 1.54) is 23.0 Å². The number of allylic oxidation sites excluding steroid dienone is 1. The van der Waals surface area contributed by atoms with Gasteiger partial charge in [0.05, 0.1) is 47.7 Å². The predicted octanol–water partition coefficient (Wildman–Crippen LogP) is 4.24. The molecule has 10 heteroatoms. The van der Waals surface area contributed by atoms with Gasteiger partial charge in [-0.15, -0.1) is 0 Å². The Kier molecular flexibility index (Phi) is 8.02. The van der Waals surface area contributed by atoms with Gasteiger partial charge < -0.3 is 18.6 Å². The third kappa shape index (κ3) is 5.51. The summed E-state index contributed by atoms with van der Waals surface area (Å²) < 4.78 is 23.7. The van der Waals surface area contributed by atoms with E-state index in [0.29, 0.717) is 55.6 Å². The van der Waals surface area contributed by atoms with Crippen LogP contribution in [0.3, 0.4) is 0 Å². The fraction of sp³-hybridized carbons (Fsp3) is 0.226. The van der Waals surface area contributed by atoms with Gasteiger partial charge in [-0.3, -0.25) is 9.36 Å². The minimum Gasteiger partial charge on any atom is -0.494 e. The van der Waals surface area contributed by atoms with E-state index < -0.39 is 18.0 Å². The molecule has 0 spiro atoms. The molecule has 210 valence electrons. The van der Waals surface area contributed by atoms with Gasteiger partial charge in [0.1, 0.15) is 17.3 Å². The molecule has 0 N–H and O–H groups in total. The maximum absolute atomic E-state index is 13.8. The maximum atomic E-state index is 13.8. The zero-order valence-corrected chi connectivity index (χ0v) is 23.8. The number of fused-ring (bicyclic) bond motifs is 1. The monoisotopic (exact) mass is 572 g/mol. The van der Waals surface area contributed by atoms with E-state index in [4.69, 9.17) is 18.6 Å². The van der Waals surface area contributed by atoms with Gasteiger partial charge >= 0.3 is 11.9 Å². The SMILES string of the molecule is CCOC(=O)C1=C(C)N=c2s/c(=C\c3ccc(-c4cccc(C(=O)OC)c4)o3)c(=O)n2[C@@H]1c1ccc(OCC)cc1. The Hall–Kier alpha value is -4.70. The molecule has 9 nitrogen and oxygen atoms in total. The highest BCUT2D eigenvalue weighted by atomic mass is 32.1. The molecular weight excluding hydrogens is 544 g/mol. The normalized spacial score (nSPS) is 14.8. The first-order chi connectivity index (χ1) is 19.8. The molecule has 4 aromatic rings. The second-order valence-electron chi connectivity index (χ2n) is 9.08. The summed E-state index contributed by atoms with van der Waals surface area (Å²) in [6.07, 6.45) is 1.65. The van der Waals surface area contributed by atoms with Crippen molar-refractivity contribution >= 4 is 29.4 Å². The lowest BCUT2D eigenvalue weighted by Gasteiger charge is -2.24. The number of rotatable bonds is 8. The quantitative estimate of drug-likeness (QED) is 0.291. The highest BCUT2D eigenvalue weighted by molar-refractivity contribution is 7.07. The van der Waals surface area contributed by atoms with E-state index >= 15 is 0 Å². The summed E-state index contributed by atoms with van der Waals surface area (Å²) in [6.45, 7) is 6.09. The van der Waals surface area contributed by atoms with Crippen LogP contribution < -0.4 is 19.6 Å². The highest BCUT2D eigenvalue weighted by Gasteiger charge is 2.33. The molecule has 0 saturated heterocycles. The number of furan rings is 1. The predicted molar refractivity (Wildman–Crippen MR) is 153 cm³/mol. The van der Waals surface area contributed by atoms with Gasteiger partial charge in [0, 0.05) is 11.6 Å². The zero-order valence-electron chi connectivity index (χ0n) is 23.0. The van der Waals surface area contributed by atoms with Crippen LogP contribution in [0, 0.1) is 0 Å². The van der Waals surface area contributed by atoms with Crippen molar-refractivity contribution in [2.75, 3.05) is 20.3 Å². The van der Waals surface area contributed by atoms with Gasteiger partial charge in [0.2, 0.25) is 0 Å². The molecule has 1 aliphatic rings. The molecule has 2 aromatic carbocycles. The van der Waals surface area contributed by atoms with Gasteiger partial charge in [-0.1, -0.05) is 35.6 Å². The first-order valence-corrected chi connectivity index (χ1v) is 13.9. The minimum atomic E-state index is -0.726. The molecule has 0 saturated carbocycles. The molecule has 3 heterocycles. The number of methoxy groups -OCH3 is 1. The van der Waals surface area contributed by atoms with Crippen LogP contribution in [0.25, 0.3) is 17.4 Å². The molecule has 0 radical (unpaired) electrons. The number of ether oxygens (including phenoxy) is 3. The lowest BCUT2D eigenvalue weighted by atomic mass is 9.96. The fourth-order valence-electron chi connectivity index (χ4n) is 4.65. The number of thiazole rings is 1. The molecule has 0 bridgehead atoms. The van der Waals surface area contributed by atoms with Gasteiger partial charge in [-0.05, 0) is 62.7 Å². The van der Waals surface area contributed by atoms with Crippen molar-refractivity contribution < 1.29 is 28.2 Å². The Morgan fingerprint density at radius 1 is 1.05 bits per heavy atom. The molecule has 5 rings (SSSR count). The van der Waals surface area contributed by atoms with Gasteiger partial charge in [-0.2, -0.15) is 0 Å². The van der Waals surface area contributed by atoms with Crippen molar-refractivity contribution in [3.05, 3.63) is 109 Å². The molecule has 1 aliphatic heterocycles. The fourth-order valence-corrected chi connectivity index (χ4v) is 5.68. The number of hydrogen-bond acceptors (Lipinski definition) is 9. The van der Waals surface area contributed by atoms with Crippen LogP contribution in [0.4, 0.5) is 0 Å². The number of benzene rings is 2. The maximum Gasteiger partial charge on any atom is 0.338 e. The van der Waals surface area contributed by atoms with Gasteiger partial charge in [0.25, 0.3) is 5.56 Å². The third-order valence-electron chi connectivity index (χ3n) is 6.49. The van der Waals surface area contributed by atoms with E-state index in [1.54, 1.807) is 50.3 Å².